The van der Waals surface area contributed by atoms with E-state index in [-0.39, 0.29) is 18.4 Å². The number of carbonyl (C=O) groups is 1. The molecule has 0 radical (unpaired) electrons. The van der Waals surface area contributed by atoms with Crippen LogP contribution in [0, 0.1) is 11.3 Å². The number of nitrogen functional groups attached to an aromatic ring is 1. The van der Waals surface area contributed by atoms with Gasteiger partial charge in [0.2, 0.25) is 5.91 Å². The molecule has 5 heteroatoms. The summed E-state index contributed by atoms with van der Waals surface area (Å²) in [6.07, 6.45) is 0.273. The molecule has 0 heterocycles. The van der Waals surface area contributed by atoms with E-state index >= 15 is 0 Å². The van der Waals surface area contributed by atoms with Gasteiger partial charge in [-0.25, -0.2) is 0 Å². The van der Waals surface area contributed by atoms with Crippen molar-refractivity contribution in [2.24, 2.45) is 0 Å². The third-order valence-electron chi connectivity index (χ3n) is 2.93. The zero-order valence-electron chi connectivity index (χ0n) is 12.3. The van der Waals surface area contributed by atoms with E-state index in [0.29, 0.717) is 18.8 Å². The van der Waals surface area contributed by atoms with Crippen LogP contribution in [-0.2, 0) is 11.2 Å². The maximum atomic E-state index is 11.8. The standard InChI is InChI=1S/C15H22N4O/c1-4-19(10-15(20)18-11(2)3)13-5-6-14(17)12(9-13)7-8-16/h5-6,9,11H,4,7,10,17H2,1-3H3,(H,18,20). The molecule has 108 valence electrons. The summed E-state index contributed by atoms with van der Waals surface area (Å²) in [6.45, 7) is 6.86. The smallest absolute Gasteiger partial charge is 0.239 e. The lowest BCUT2D eigenvalue weighted by atomic mass is 10.1. The molecule has 0 spiro atoms. The summed E-state index contributed by atoms with van der Waals surface area (Å²) in [7, 11) is 0. The van der Waals surface area contributed by atoms with Crippen LogP contribution in [-0.4, -0.2) is 25.0 Å². The highest BCUT2D eigenvalue weighted by Crippen LogP contribution is 2.21. The number of amides is 1. The molecule has 1 aromatic rings. The molecule has 0 aliphatic heterocycles. The van der Waals surface area contributed by atoms with Crippen molar-refractivity contribution in [1.82, 2.24) is 5.32 Å². The van der Waals surface area contributed by atoms with Crippen LogP contribution in [0.15, 0.2) is 18.2 Å². The Morgan fingerprint density at radius 2 is 2.20 bits per heavy atom. The van der Waals surface area contributed by atoms with Crippen molar-refractivity contribution in [2.75, 3.05) is 23.7 Å². The largest absolute Gasteiger partial charge is 0.398 e. The van der Waals surface area contributed by atoms with Gasteiger partial charge in [-0.3, -0.25) is 4.79 Å². The quantitative estimate of drug-likeness (QED) is 0.773. The van der Waals surface area contributed by atoms with Gasteiger partial charge in [-0.2, -0.15) is 5.26 Å². The number of hydrogen-bond donors (Lipinski definition) is 2. The van der Waals surface area contributed by atoms with Crippen LogP contribution in [0.3, 0.4) is 0 Å². The third-order valence-corrected chi connectivity index (χ3v) is 2.93. The van der Waals surface area contributed by atoms with Crippen molar-refractivity contribution in [3.8, 4) is 6.07 Å². The zero-order chi connectivity index (χ0) is 15.1. The lowest BCUT2D eigenvalue weighted by Crippen LogP contribution is -2.40. The van der Waals surface area contributed by atoms with Crippen LogP contribution in [0.4, 0.5) is 11.4 Å². The highest BCUT2D eigenvalue weighted by atomic mass is 16.2. The number of nitrogens with one attached hydrogen (secondary N) is 1. The van der Waals surface area contributed by atoms with Crippen molar-refractivity contribution in [1.29, 1.82) is 5.26 Å². The number of nitrogens with two attached hydrogens (primary N) is 1. The molecular weight excluding hydrogens is 252 g/mol. The minimum absolute atomic E-state index is 0.0134. The Morgan fingerprint density at radius 1 is 1.50 bits per heavy atom. The fourth-order valence-corrected chi connectivity index (χ4v) is 1.95. The highest BCUT2D eigenvalue weighted by molar-refractivity contribution is 5.81. The van der Waals surface area contributed by atoms with E-state index in [1.807, 2.05) is 37.8 Å². The number of likely N-dealkylation sites (N-methyl/N-ethyl adjacent to an activating group) is 1. The second-order valence-electron chi connectivity index (χ2n) is 4.95. The van der Waals surface area contributed by atoms with Gasteiger partial charge in [0.1, 0.15) is 0 Å². The average molecular weight is 274 g/mol. The molecule has 5 nitrogen and oxygen atoms in total. The summed E-state index contributed by atoms with van der Waals surface area (Å²) >= 11 is 0. The number of hydrogen-bond acceptors (Lipinski definition) is 4. The Labute approximate surface area is 120 Å². The molecule has 1 aromatic carbocycles. The molecule has 0 fully saturated rings. The fraction of sp³-hybridized carbons (Fsp3) is 0.467. The van der Waals surface area contributed by atoms with Gasteiger partial charge in [0.25, 0.3) is 0 Å². The van der Waals surface area contributed by atoms with Gasteiger partial charge >= 0.3 is 0 Å². The van der Waals surface area contributed by atoms with Crippen LogP contribution in [0.2, 0.25) is 0 Å². The Kier molecular flexibility index (Phi) is 5.85. The van der Waals surface area contributed by atoms with Crippen molar-refractivity contribution in [3.05, 3.63) is 23.8 Å². The Bertz CT molecular complexity index is 505. The van der Waals surface area contributed by atoms with Crippen molar-refractivity contribution >= 4 is 17.3 Å². The molecule has 0 aliphatic carbocycles. The Morgan fingerprint density at radius 3 is 2.75 bits per heavy atom. The molecule has 0 unspecified atom stereocenters. The van der Waals surface area contributed by atoms with E-state index < -0.39 is 0 Å². The predicted octanol–water partition coefficient (Wildman–Crippen LogP) is 1.69. The molecule has 0 bridgehead atoms. The van der Waals surface area contributed by atoms with Gasteiger partial charge < -0.3 is 16.0 Å². The molecule has 0 saturated carbocycles. The van der Waals surface area contributed by atoms with E-state index in [1.165, 1.54) is 0 Å². The van der Waals surface area contributed by atoms with E-state index in [0.717, 1.165) is 11.3 Å². The highest BCUT2D eigenvalue weighted by Gasteiger charge is 2.12. The normalized spacial score (nSPS) is 10.2. The number of anilines is 2. The van der Waals surface area contributed by atoms with Crippen molar-refractivity contribution in [2.45, 2.75) is 33.2 Å². The zero-order valence-corrected chi connectivity index (χ0v) is 12.3. The minimum Gasteiger partial charge on any atom is -0.398 e. The summed E-state index contributed by atoms with van der Waals surface area (Å²) in [4.78, 5) is 13.8. The maximum absolute atomic E-state index is 11.8. The minimum atomic E-state index is -0.0134. The summed E-state index contributed by atoms with van der Waals surface area (Å²) in [5, 5.41) is 11.7. The first-order valence-corrected chi connectivity index (χ1v) is 6.77. The number of carbonyl (C=O) groups excluding carboxylic acids is 1. The SMILES string of the molecule is CCN(CC(=O)NC(C)C)c1ccc(N)c(CC#N)c1. The van der Waals surface area contributed by atoms with Crippen LogP contribution >= 0.6 is 0 Å². The second-order valence-corrected chi connectivity index (χ2v) is 4.95. The predicted molar refractivity (Wildman–Crippen MR) is 81.3 cm³/mol. The molecule has 20 heavy (non-hydrogen) atoms. The molecule has 0 aliphatic rings. The van der Waals surface area contributed by atoms with Gasteiger partial charge in [-0.1, -0.05) is 0 Å². The first-order valence-electron chi connectivity index (χ1n) is 6.77. The van der Waals surface area contributed by atoms with Gasteiger partial charge in [0.15, 0.2) is 0 Å². The molecule has 0 saturated heterocycles. The summed E-state index contributed by atoms with van der Waals surface area (Å²) in [6, 6.07) is 7.76. The van der Waals surface area contributed by atoms with E-state index in [2.05, 4.69) is 11.4 Å². The molecule has 1 amide bonds. The van der Waals surface area contributed by atoms with Crippen LogP contribution < -0.4 is 16.0 Å². The van der Waals surface area contributed by atoms with Crippen LogP contribution in [0.1, 0.15) is 26.3 Å². The molecule has 0 aromatic heterocycles. The molecule has 1 rings (SSSR count). The summed E-state index contributed by atoms with van der Waals surface area (Å²) in [5.41, 5.74) is 8.15. The lowest BCUT2D eigenvalue weighted by Gasteiger charge is -2.24. The van der Waals surface area contributed by atoms with Gasteiger partial charge in [-0.15, -0.1) is 0 Å². The van der Waals surface area contributed by atoms with Gasteiger partial charge in [0.05, 0.1) is 19.0 Å². The van der Waals surface area contributed by atoms with E-state index in [9.17, 15) is 4.79 Å². The van der Waals surface area contributed by atoms with Crippen LogP contribution in [0.5, 0.6) is 0 Å². The number of benzene rings is 1. The van der Waals surface area contributed by atoms with Crippen LogP contribution in [0.25, 0.3) is 0 Å². The average Bonchev–Trinajstić information content (AvgIpc) is 2.38. The number of rotatable bonds is 6. The van der Waals surface area contributed by atoms with Gasteiger partial charge in [0, 0.05) is 24.0 Å². The Hall–Kier alpha value is -2.22. The summed E-state index contributed by atoms with van der Waals surface area (Å²) < 4.78 is 0. The number of nitriles is 1. The maximum Gasteiger partial charge on any atom is 0.239 e. The van der Waals surface area contributed by atoms with Crippen molar-refractivity contribution in [3.63, 3.8) is 0 Å². The topological polar surface area (TPSA) is 82.2 Å². The Balaban J connectivity index is 2.87. The summed E-state index contributed by atoms with van der Waals surface area (Å²) in [5.74, 6) is -0.0134. The fourth-order valence-electron chi connectivity index (χ4n) is 1.95. The molecule has 3 N–H and O–H groups in total. The van der Waals surface area contributed by atoms with Gasteiger partial charge in [-0.05, 0) is 44.5 Å². The number of nitrogens with zero attached hydrogens (tertiary/aromatic N) is 2. The van der Waals surface area contributed by atoms with E-state index in [4.69, 9.17) is 11.0 Å². The molecule has 0 atom stereocenters. The first-order chi connectivity index (χ1) is 9.47. The second kappa shape index (κ2) is 7.39. The lowest BCUT2D eigenvalue weighted by molar-refractivity contribution is -0.120. The molecular formula is C15H22N4O. The first kappa shape index (κ1) is 15.8. The van der Waals surface area contributed by atoms with Crippen molar-refractivity contribution < 1.29 is 4.79 Å². The van der Waals surface area contributed by atoms with E-state index in [1.54, 1.807) is 6.07 Å². The third kappa shape index (κ3) is 4.47. The monoisotopic (exact) mass is 274 g/mol.